The average Bonchev–Trinajstić information content (AvgIpc) is 2.85. The van der Waals surface area contributed by atoms with E-state index in [0.717, 1.165) is 12.3 Å². The molecule has 10 heteroatoms. The zero-order chi connectivity index (χ0) is 28.0. The molecular formula is C27H43FN4O5. The van der Waals surface area contributed by atoms with Gasteiger partial charge in [0.25, 0.3) is 5.91 Å². The third-order valence-corrected chi connectivity index (χ3v) is 5.70. The Morgan fingerprint density at radius 2 is 1.65 bits per heavy atom. The van der Waals surface area contributed by atoms with Crippen LogP contribution in [-0.2, 0) is 14.4 Å². The molecule has 1 aliphatic heterocycles. The molecule has 1 fully saturated rings. The second-order valence-electron chi connectivity index (χ2n) is 10.5. The summed E-state index contributed by atoms with van der Waals surface area (Å²) in [5.41, 5.74) is 0.376. The van der Waals surface area contributed by atoms with Crippen LogP contribution in [0.5, 0.6) is 0 Å². The van der Waals surface area contributed by atoms with Crippen LogP contribution in [0.1, 0.15) is 70.7 Å². The Hall–Kier alpha value is -3.01. The maximum atomic E-state index is 13.0. The van der Waals surface area contributed by atoms with E-state index in [9.17, 15) is 28.8 Å². The van der Waals surface area contributed by atoms with Crippen LogP contribution in [0.15, 0.2) is 24.3 Å². The molecular weight excluding hydrogens is 479 g/mol. The Balaban J connectivity index is 0.00000159. The van der Waals surface area contributed by atoms with Crippen molar-refractivity contribution in [2.45, 2.75) is 66.3 Å². The summed E-state index contributed by atoms with van der Waals surface area (Å²) in [6, 6.07) is 5.21. The van der Waals surface area contributed by atoms with Crippen molar-refractivity contribution in [3.05, 3.63) is 35.6 Å². The summed E-state index contributed by atoms with van der Waals surface area (Å²) in [4.78, 5) is 49.6. The molecule has 0 saturated carbocycles. The second kappa shape index (κ2) is 16.7. The average molecular weight is 523 g/mol. The molecule has 208 valence electrons. The van der Waals surface area contributed by atoms with Crippen molar-refractivity contribution < 1.29 is 28.8 Å². The first-order valence-corrected chi connectivity index (χ1v) is 13.0. The normalized spacial score (nSPS) is 14.5. The van der Waals surface area contributed by atoms with Crippen LogP contribution in [0.4, 0.5) is 4.39 Å². The van der Waals surface area contributed by atoms with Crippen LogP contribution in [0.2, 0.25) is 0 Å². The minimum absolute atomic E-state index is 0.0968. The smallest absolute Gasteiger partial charge is 0.251 e. The summed E-state index contributed by atoms with van der Waals surface area (Å²) < 4.78 is 13.0. The Morgan fingerprint density at radius 1 is 1.08 bits per heavy atom. The molecule has 1 aromatic rings. The predicted octanol–water partition coefficient (Wildman–Crippen LogP) is 3.23. The number of hydrogen-bond acceptors (Lipinski definition) is 5. The summed E-state index contributed by atoms with van der Waals surface area (Å²) in [6.45, 7) is 11.1. The van der Waals surface area contributed by atoms with E-state index < -0.39 is 11.7 Å². The maximum absolute atomic E-state index is 13.0. The number of carbonyl (C=O) groups is 4. The first-order chi connectivity index (χ1) is 17.4. The van der Waals surface area contributed by atoms with Crippen molar-refractivity contribution in [3.8, 4) is 0 Å². The molecule has 1 aliphatic rings. The fraction of sp³-hybridized carbons (Fsp3) is 0.630. The zero-order valence-electron chi connectivity index (χ0n) is 22.7. The zero-order valence-corrected chi connectivity index (χ0v) is 22.7. The molecule has 9 nitrogen and oxygen atoms in total. The van der Waals surface area contributed by atoms with Crippen molar-refractivity contribution in [2.24, 2.45) is 17.8 Å². The van der Waals surface area contributed by atoms with Gasteiger partial charge in [-0.25, -0.2) is 9.45 Å². The van der Waals surface area contributed by atoms with E-state index in [4.69, 9.17) is 0 Å². The van der Waals surface area contributed by atoms with Crippen LogP contribution < -0.4 is 10.6 Å². The Bertz CT molecular complexity index is 852. The quantitative estimate of drug-likeness (QED) is 0.234. The molecule has 0 aliphatic carbocycles. The van der Waals surface area contributed by atoms with Gasteiger partial charge in [0.2, 0.25) is 18.2 Å². The van der Waals surface area contributed by atoms with Gasteiger partial charge >= 0.3 is 0 Å². The molecule has 1 aromatic carbocycles. The van der Waals surface area contributed by atoms with Gasteiger partial charge in [0, 0.05) is 24.7 Å². The van der Waals surface area contributed by atoms with Crippen LogP contribution >= 0.6 is 0 Å². The maximum Gasteiger partial charge on any atom is 0.251 e. The van der Waals surface area contributed by atoms with E-state index in [1.807, 2.05) is 13.8 Å². The van der Waals surface area contributed by atoms with Gasteiger partial charge in [0.05, 0.1) is 19.0 Å². The number of nitrogens with one attached hydrogen (secondary N) is 2. The highest BCUT2D eigenvalue weighted by Crippen LogP contribution is 2.15. The van der Waals surface area contributed by atoms with Crippen molar-refractivity contribution in [1.82, 2.24) is 20.6 Å². The van der Waals surface area contributed by atoms with Gasteiger partial charge in [-0.05, 0) is 55.4 Å². The highest BCUT2D eigenvalue weighted by Gasteiger charge is 2.26. The second-order valence-corrected chi connectivity index (χ2v) is 10.5. The third-order valence-electron chi connectivity index (χ3n) is 5.70. The van der Waals surface area contributed by atoms with Crippen molar-refractivity contribution >= 4 is 24.1 Å². The number of halogens is 1. The Labute approximate surface area is 219 Å². The Morgan fingerprint density at radius 3 is 2.16 bits per heavy atom. The molecule has 0 bridgehead atoms. The summed E-state index contributed by atoms with van der Waals surface area (Å²) in [7, 11) is 0. The van der Waals surface area contributed by atoms with Crippen LogP contribution in [0, 0.1) is 23.6 Å². The molecule has 0 unspecified atom stereocenters. The number of nitrogens with zero attached hydrogens (tertiary/aromatic N) is 2. The topological polar surface area (TPSA) is 119 Å². The third kappa shape index (κ3) is 13.2. The molecule has 2 rings (SSSR count). The fourth-order valence-electron chi connectivity index (χ4n) is 3.67. The highest BCUT2D eigenvalue weighted by atomic mass is 19.1. The standard InChI is InChI=1S/C23H33FN4O5.C4H10/c1-16(2)3-4-18(14-28(33)15-29)22(31)25-13-21(30)27-11-9-20(10-12-27)26-23(32)17-5-7-19(24)8-6-17;1-4(2)3/h5-8,15-16,18,20,33H,3-4,9-14H2,1-2H3,(H,25,31)(H,26,32);4H,1-3H3/t18-;/m1./s1. The number of carbonyl (C=O) groups excluding carboxylic acids is 4. The minimum atomic E-state index is -0.609. The lowest BCUT2D eigenvalue weighted by Crippen LogP contribution is -2.49. The lowest BCUT2D eigenvalue weighted by molar-refractivity contribution is -0.155. The number of hydroxylamine groups is 2. The van der Waals surface area contributed by atoms with Crippen molar-refractivity contribution in [3.63, 3.8) is 0 Å². The van der Waals surface area contributed by atoms with E-state index in [0.29, 0.717) is 48.9 Å². The number of amides is 4. The molecule has 1 saturated heterocycles. The number of benzene rings is 1. The molecule has 1 heterocycles. The molecule has 3 N–H and O–H groups in total. The molecule has 4 amide bonds. The lowest BCUT2D eigenvalue weighted by atomic mass is 9.97. The van der Waals surface area contributed by atoms with Gasteiger partial charge in [-0.15, -0.1) is 0 Å². The van der Waals surface area contributed by atoms with E-state index in [1.54, 1.807) is 4.90 Å². The van der Waals surface area contributed by atoms with E-state index in [2.05, 4.69) is 31.4 Å². The van der Waals surface area contributed by atoms with E-state index in [-0.39, 0.29) is 43.3 Å². The minimum Gasteiger partial charge on any atom is -0.349 e. The van der Waals surface area contributed by atoms with Gasteiger partial charge < -0.3 is 15.5 Å². The van der Waals surface area contributed by atoms with Gasteiger partial charge in [0.1, 0.15) is 5.82 Å². The molecule has 1 atom stereocenters. The van der Waals surface area contributed by atoms with Gasteiger partial charge in [-0.1, -0.05) is 41.0 Å². The number of rotatable bonds is 11. The highest BCUT2D eigenvalue weighted by molar-refractivity contribution is 5.94. The molecule has 37 heavy (non-hydrogen) atoms. The molecule has 0 radical (unpaired) electrons. The predicted molar refractivity (Wildman–Crippen MR) is 139 cm³/mol. The first kappa shape index (κ1) is 32.0. The molecule has 0 aromatic heterocycles. The monoisotopic (exact) mass is 522 g/mol. The summed E-state index contributed by atoms with van der Waals surface area (Å²) in [6.07, 6.45) is 2.63. The van der Waals surface area contributed by atoms with Crippen molar-refractivity contribution in [2.75, 3.05) is 26.2 Å². The summed E-state index contributed by atoms with van der Waals surface area (Å²) >= 11 is 0. The first-order valence-electron chi connectivity index (χ1n) is 13.0. The van der Waals surface area contributed by atoms with Crippen LogP contribution in [-0.4, -0.2) is 71.5 Å². The van der Waals surface area contributed by atoms with Gasteiger partial charge in [-0.3, -0.25) is 24.4 Å². The van der Waals surface area contributed by atoms with Crippen LogP contribution in [0.25, 0.3) is 0 Å². The van der Waals surface area contributed by atoms with Gasteiger partial charge in [-0.2, -0.15) is 0 Å². The van der Waals surface area contributed by atoms with Crippen molar-refractivity contribution in [1.29, 1.82) is 0 Å². The number of likely N-dealkylation sites (tertiary alicyclic amines) is 1. The number of piperidine rings is 1. The number of hydrogen-bond donors (Lipinski definition) is 3. The molecule has 0 spiro atoms. The van der Waals surface area contributed by atoms with E-state index >= 15 is 0 Å². The van der Waals surface area contributed by atoms with E-state index in [1.165, 1.54) is 24.3 Å². The SMILES string of the molecule is CC(C)C.CC(C)CC[C@H](CN(O)C=O)C(=O)NCC(=O)N1CCC(NC(=O)c2ccc(F)cc2)CC1. The summed E-state index contributed by atoms with van der Waals surface area (Å²) in [5, 5.41) is 15.4. The fourth-order valence-corrected chi connectivity index (χ4v) is 3.67. The summed E-state index contributed by atoms with van der Waals surface area (Å²) in [5.74, 6) is -0.725. The largest absolute Gasteiger partial charge is 0.349 e. The van der Waals surface area contributed by atoms with Crippen LogP contribution in [0.3, 0.4) is 0 Å². The Kier molecular flexibility index (Phi) is 14.4. The van der Waals surface area contributed by atoms with Gasteiger partial charge in [0.15, 0.2) is 0 Å². The lowest BCUT2D eigenvalue weighted by Gasteiger charge is -2.32.